The van der Waals surface area contributed by atoms with Gasteiger partial charge in [0.05, 0.1) is 6.04 Å². The number of aryl methyl sites for hydroxylation is 1. The van der Waals surface area contributed by atoms with Crippen LogP contribution in [0.15, 0.2) is 24.3 Å². The summed E-state index contributed by atoms with van der Waals surface area (Å²) in [6, 6.07) is 8.20. The van der Waals surface area contributed by atoms with E-state index in [1.807, 2.05) is 39.8 Å². The average molecular weight is 219 g/mol. The van der Waals surface area contributed by atoms with Crippen molar-refractivity contribution in [1.82, 2.24) is 5.32 Å². The summed E-state index contributed by atoms with van der Waals surface area (Å²) in [6.45, 7) is 9.85. The lowest BCUT2D eigenvalue weighted by Gasteiger charge is -2.23. The van der Waals surface area contributed by atoms with Gasteiger partial charge in [0, 0.05) is 5.41 Å². The summed E-state index contributed by atoms with van der Waals surface area (Å²) in [4.78, 5) is 11.8. The fourth-order valence-corrected chi connectivity index (χ4v) is 1.56. The van der Waals surface area contributed by atoms with Gasteiger partial charge in [-0.3, -0.25) is 4.79 Å². The van der Waals surface area contributed by atoms with Crippen LogP contribution in [0.1, 0.15) is 44.9 Å². The van der Waals surface area contributed by atoms with Crippen molar-refractivity contribution in [1.29, 1.82) is 0 Å². The number of carbonyl (C=O) groups excluding carboxylic acids is 1. The number of benzene rings is 1. The zero-order valence-corrected chi connectivity index (χ0v) is 10.8. The first-order chi connectivity index (χ1) is 7.32. The zero-order valence-electron chi connectivity index (χ0n) is 10.8. The van der Waals surface area contributed by atoms with Gasteiger partial charge in [-0.2, -0.15) is 0 Å². The number of rotatable bonds is 2. The molecule has 0 saturated heterocycles. The Balaban J connectivity index is 2.78. The number of carbonyl (C=O) groups is 1. The minimum atomic E-state index is -0.336. The van der Waals surface area contributed by atoms with Crippen molar-refractivity contribution in [2.45, 2.75) is 40.7 Å². The number of hydrogen-bond acceptors (Lipinski definition) is 1. The van der Waals surface area contributed by atoms with Gasteiger partial charge in [-0.15, -0.1) is 0 Å². The van der Waals surface area contributed by atoms with Crippen LogP contribution < -0.4 is 5.32 Å². The third-order valence-corrected chi connectivity index (χ3v) is 2.68. The largest absolute Gasteiger partial charge is 0.349 e. The summed E-state index contributed by atoms with van der Waals surface area (Å²) in [6.07, 6.45) is 0. The lowest BCUT2D eigenvalue weighted by Crippen LogP contribution is -2.36. The summed E-state index contributed by atoms with van der Waals surface area (Å²) in [5.41, 5.74) is 2.06. The molecule has 1 N–H and O–H groups in total. The molecule has 88 valence electrons. The molecule has 2 heteroatoms. The summed E-state index contributed by atoms with van der Waals surface area (Å²) in [5, 5.41) is 3.04. The van der Waals surface area contributed by atoms with Crippen LogP contribution in [0.25, 0.3) is 0 Å². The fraction of sp³-hybridized carbons (Fsp3) is 0.500. The van der Waals surface area contributed by atoms with Crippen LogP contribution in [0.4, 0.5) is 0 Å². The molecule has 1 amide bonds. The zero-order chi connectivity index (χ0) is 12.3. The quantitative estimate of drug-likeness (QED) is 0.813. The van der Waals surface area contributed by atoms with Crippen molar-refractivity contribution < 1.29 is 4.79 Å². The average Bonchev–Trinajstić information content (AvgIpc) is 2.16. The number of nitrogens with one attached hydrogen (secondary N) is 1. The van der Waals surface area contributed by atoms with Crippen LogP contribution in [-0.4, -0.2) is 5.91 Å². The third kappa shape index (κ3) is 3.09. The minimum Gasteiger partial charge on any atom is -0.349 e. The maximum atomic E-state index is 11.8. The van der Waals surface area contributed by atoms with Gasteiger partial charge in [-0.05, 0) is 25.0 Å². The van der Waals surface area contributed by atoms with E-state index in [1.165, 1.54) is 11.1 Å². The van der Waals surface area contributed by atoms with Gasteiger partial charge in [0.1, 0.15) is 0 Å². The molecule has 0 unspecified atom stereocenters. The van der Waals surface area contributed by atoms with Crippen LogP contribution in [0.5, 0.6) is 0 Å². The molecule has 2 nitrogen and oxygen atoms in total. The molecule has 1 aromatic carbocycles. The highest BCUT2D eigenvalue weighted by Gasteiger charge is 2.23. The molecule has 16 heavy (non-hydrogen) atoms. The van der Waals surface area contributed by atoms with E-state index in [-0.39, 0.29) is 17.4 Å². The normalized spacial score (nSPS) is 13.3. The van der Waals surface area contributed by atoms with E-state index >= 15 is 0 Å². The Kier molecular flexibility index (Phi) is 3.74. The van der Waals surface area contributed by atoms with Gasteiger partial charge in [0.15, 0.2) is 0 Å². The van der Waals surface area contributed by atoms with E-state index in [9.17, 15) is 4.79 Å². The molecule has 0 bridgehead atoms. The van der Waals surface area contributed by atoms with Crippen LogP contribution >= 0.6 is 0 Å². The van der Waals surface area contributed by atoms with E-state index in [0.717, 1.165) is 0 Å². The predicted octanol–water partition coefficient (Wildman–Crippen LogP) is 3.22. The highest BCUT2D eigenvalue weighted by Crippen LogP contribution is 2.20. The molecule has 0 aliphatic heterocycles. The lowest BCUT2D eigenvalue weighted by atomic mass is 9.94. The van der Waals surface area contributed by atoms with Crippen molar-refractivity contribution in [2.75, 3.05) is 0 Å². The molecule has 0 aromatic heterocycles. The molecule has 0 aliphatic carbocycles. The standard InChI is InChI=1S/C14H21NO/c1-10-8-6-7-9-12(10)11(2)15-13(16)14(3,4)5/h6-9,11H,1-5H3,(H,15,16)/t11-/m0/s1. The maximum Gasteiger partial charge on any atom is 0.225 e. The van der Waals surface area contributed by atoms with Crippen molar-refractivity contribution >= 4 is 5.91 Å². The first-order valence-electron chi connectivity index (χ1n) is 5.69. The molecule has 1 rings (SSSR count). The minimum absolute atomic E-state index is 0.0629. The molecular weight excluding hydrogens is 198 g/mol. The summed E-state index contributed by atoms with van der Waals surface area (Å²) in [5.74, 6) is 0.0863. The Bertz CT molecular complexity index is 377. The Morgan fingerprint density at radius 3 is 2.31 bits per heavy atom. The monoisotopic (exact) mass is 219 g/mol. The highest BCUT2D eigenvalue weighted by atomic mass is 16.2. The molecule has 0 spiro atoms. The van der Waals surface area contributed by atoms with E-state index in [4.69, 9.17) is 0 Å². The number of amides is 1. The second-order valence-electron chi connectivity index (χ2n) is 5.30. The molecule has 1 atom stereocenters. The van der Waals surface area contributed by atoms with Crippen molar-refractivity contribution in [2.24, 2.45) is 5.41 Å². The fourth-order valence-electron chi connectivity index (χ4n) is 1.56. The van der Waals surface area contributed by atoms with Gasteiger partial charge >= 0.3 is 0 Å². The van der Waals surface area contributed by atoms with Crippen molar-refractivity contribution in [3.8, 4) is 0 Å². The SMILES string of the molecule is Cc1ccccc1[C@H](C)NC(=O)C(C)(C)C. The lowest BCUT2D eigenvalue weighted by molar-refractivity contribution is -0.129. The van der Waals surface area contributed by atoms with Gasteiger partial charge in [-0.25, -0.2) is 0 Å². The van der Waals surface area contributed by atoms with Gasteiger partial charge in [0.25, 0.3) is 0 Å². The Hall–Kier alpha value is -1.31. The molecule has 0 heterocycles. The van der Waals surface area contributed by atoms with Gasteiger partial charge in [0.2, 0.25) is 5.91 Å². The summed E-state index contributed by atoms with van der Waals surface area (Å²) >= 11 is 0. The molecule has 0 saturated carbocycles. The molecular formula is C14H21NO. The Morgan fingerprint density at radius 1 is 1.25 bits per heavy atom. The van der Waals surface area contributed by atoms with E-state index in [2.05, 4.69) is 24.4 Å². The topological polar surface area (TPSA) is 29.1 Å². The summed E-state index contributed by atoms with van der Waals surface area (Å²) in [7, 11) is 0. The van der Waals surface area contributed by atoms with E-state index in [0.29, 0.717) is 0 Å². The first kappa shape index (κ1) is 12.8. The van der Waals surface area contributed by atoms with E-state index in [1.54, 1.807) is 0 Å². The van der Waals surface area contributed by atoms with Crippen LogP contribution in [0.2, 0.25) is 0 Å². The second-order valence-corrected chi connectivity index (χ2v) is 5.30. The molecule has 0 radical (unpaired) electrons. The summed E-state index contributed by atoms with van der Waals surface area (Å²) < 4.78 is 0. The number of hydrogen-bond donors (Lipinski definition) is 1. The second kappa shape index (κ2) is 4.69. The molecule has 1 aromatic rings. The molecule has 0 fully saturated rings. The Morgan fingerprint density at radius 2 is 1.81 bits per heavy atom. The maximum absolute atomic E-state index is 11.8. The predicted molar refractivity (Wildman–Crippen MR) is 67.2 cm³/mol. The van der Waals surface area contributed by atoms with Gasteiger partial charge < -0.3 is 5.32 Å². The van der Waals surface area contributed by atoms with Crippen LogP contribution in [-0.2, 0) is 4.79 Å². The van der Waals surface area contributed by atoms with Crippen LogP contribution in [0.3, 0.4) is 0 Å². The third-order valence-electron chi connectivity index (χ3n) is 2.68. The smallest absolute Gasteiger partial charge is 0.225 e. The first-order valence-corrected chi connectivity index (χ1v) is 5.69. The molecule has 0 aliphatic rings. The van der Waals surface area contributed by atoms with Crippen molar-refractivity contribution in [3.63, 3.8) is 0 Å². The van der Waals surface area contributed by atoms with Gasteiger partial charge in [-0.1, -0.05) is 45.0 Å². The highest BCUT2D eigenvalue weighted by molar-refractivity contribution is 5.81. The Labute approximate surface area is 98.1 Å². The van der Waals surface area contributed by atoms with Crippen LogP contribution in [0, 0.1) is 12.3 Å². The van der Waals surface area contributed by atoms with E-state index < -0.39 is 0 Å². The van der Waals surface area contributed by atoms with Crippen molar-refractivity contribution in [3.05, 3.63) is 35.4 Å².